The van der Waals surface area contributed by atoms with E-state index in [9.17, 15) is 9.18 Å². The van der Waals surface area contributed by atoms with Crippen molar-refractivity contribution in [2.45, 2.75) is 78.7 Å². The van der Waals surface area contributed by atoms with E-state index in [0.717, 1.165) is 43.1 Å². The Morgan fingerprint density at radius 2 is 1.86 bits per heavy atom. The van der Waals surface area contributed by atoms with Gasteiger partial charge in [0.2, 0.25) is 0 Å². The van der Waals surface area contributed by atoms with Crippen LogP contribution in [0.2, 0.25) is 0 Å². The standard InChI is InChI=1S/C32H40FN7O2/c1-5-6-7-8-9-10-28(41)42-27-13-11-26(12-14-27)36-18-23(4)15-16-35-31-29-32(40(21-37-29)22(2)3)39-30(38-31)24-17-25(33)20-34-19-24/h11-14,17-22,36H,5-10,15-16H2,1-4H3,(H,35,38,39)/b23-18+. The third kappa shape index (κ3) is 8.58. The molecule has 10 heteroatoms. The Balaban J connectivity index is 1.33. The summed E-state index contributed by atoms with van der Waals surface area (Å²) >= 11 is 0. The fourth-order valence-electron chi connectivity index (χ4n) is 4.41. The van der Waals surface area contributed by atoms with E-state index < -0.39 is 5.82 Å². The first-order chi connectivity index (χ1) is 20.3. The van der Waals surface area contributed by atoms with Gasteiger partial charge in [0, 0.05) is 36.5 Å². The fourth-order valence-corrected chi connectivity index (χ4v) is 4.41. The van der Waals surface area contributed by atoms with Gasteiger partial charge in [-0.05, 0) is 70.1 Å². The van der Waals surface area contributed by atoms with E-state index >= 15 is 0 Å². The van der Waals surface area contributed by atoms with E-state index in [0.29, 0.717) is 47.1 Å². The highest BCUT2D eigenvalue weighted by atomic mass is 19.1. The summed E-state index contributed by atoms with van der Waals surface area (Å²) < 4.78 is 21.3. The second kappa shape index (κ2) is 15.0. The Hall–Kier alpha value is -4.34. The highest BCUT2D eigenvalue weighted by Crippen LogP contribution is 2.26. The van der Waals surface area contributed by atoms with Gasteiger partial charge in [0.05, 0.1) is 12.5 Å². The van der Waals surface area contributed by atoms with Crippen molar-refractivity contribution in [2.24, 2.45) is 0 Å². The average molecular weight is 574 g/mol. The second-order valence-corrected chi connectivity index (χ2v) is 10.7. The van der Waals surface area contributed by atoms with Crippen molar-refractivity contribution >= 4 is 28.6 Å². The highest BCUT2D eigenvalue weighted by molar-refractivity contribution is 5.85. The summed E-state index contributed by atoms with van der Waals surface area (Å²) in [7, 11) is 0. The van der Waals surface area contributed by atoms with Gasteiger partial charge in [-0.1, -0.05) is 38.2 Å². The molecule has 2 N–H and O–H groups in total. The number of anilines is 2. The summed E-state index contributed by atoms with van der Waals surface area (Å²) in [4.78, 5) is 29.9. The van der Waals surface area contributed by atoms with E-state index in [-0.39, 0.29) is 12.0 Å². The maximum Gasteiger partial charge on any atom is 0.311 e. The molecule has 222 valence electrons. The number of carbonyl (C=O) groups is 1. The van der Waals surface area contributed by atoms with Crippen molar-refractivity contribution in [1.82, 2.24) is 24.5 Å². The van der Waals surface area contributed by atoms with E-state index in [1.165, 1.54) is 18.9 Å². The number of aromatic nitrogens is 5. The van der Waals surface area contributed by atoms with Crippen LogP contribution in [0, 0.1) is 5.82 Å². The molecule has 3 heterocycles. The fraction of sp³-hybridized carbons (Fsp3) is 0.406. The lowest BCUT2D eigenvalue weighted by Crippen LogP contribution is -2.08. The molecule has 9 nitrogen and oxygen atoms in total. The number of halogens is 1. The van der Waals surface area contributed by atoms with Gasteiger partial charge in [0.25, 0.3) is 0 Å². The zero-order valence-corrected chi connectivity index (χ0v) is 24.9. The minimum Gasteiger partial charge on any atom is -0.427 e. The van der Waals surface area contributed by atoms with Crippen molar-refractivity contribution in [1.29, 1.82) is 0 Å². The summed E-state index contributed by atoms with van der Waals surface area (Å²) in [6.07, 6.45) is 13.1. The largest absolute Gasteiger partial charge is 0.427 e. The van der Waals surface area contributed by atoms with Crippen molar-refractivity contribution in [2.75, 3.05) is 17.2 Å². The van der Waals surface area contributed by atoms with Crippen LogP contribution in [0.15, 0.2) is 60.8 Å². The quantitative estimate of drug-likeness (QED) is 0.0847. The molecular formula is C32H40FN7O2. The summed E-state index contributed by atoms with van der Waals surface area (Å²) in [5.41, 5.74) is 3.85. The highest BCUT2D eigenvalue weighted by Gasteiger charge is 2.16. The van der Waals surface area contributed by atoms with E-state index in [1.54, 1.807) is 24.7 Å². The average Bonchev–Trinajstić information content (AvgIpc) is 3.41. The van der Waals surface area contributed by atoms with Crippen LogP contribution >= 0.6 is 0 Å². The molecule has 0 unspecified atom stereocenters. The van der Waals surface area contributed by atoms with Gasteiger partial charge < -0.3 is 19.9 Å². The molecule has 0 bridgehead atoms. The number of ether oxygens (including phenoxy) is 1. The molecule has 3 aromatic heterocycles. The van der Waals surface area contributed by atoms with E-state index in [2.05, 4.69) is 51.3 Å². The van der Waals surface area contributed by atoms with E-state index in [1.807, 2.05) is 29.8 Å². The van der Waals surface area contributed by atoms with Gasteiger partial charge in [0.15, 0.2) is 17.3 Å². The number of carbonyl (C=O) groups excluding carboxylic acids is 1. The summed E-state index contributed by atoms with van der Waals surface area (Å²) in [6.45, 7) is 8.93. The van der Waals surface area contributed by atoms with Crippen LogP contribution in [0.4, 0.5) is 15.9 Å². The Morgan fingerprint density at radius 1 is 1.07 bits per heavy atom. The normalized spacial score (nSPS) is 11.7. The molecule has 0 aliphatic carbocycles. The molecular weight excluding hydrogens is 533 g/mol. The molecule has 0 spiro atoms. The predicted molar refractivity (Wildman–Crippen MR) is 165 cm³/mol. The Morgan fingerprint density at radius 3 is 2.60 bits per heavy atom. The molecule has 0 fully saturated rings. The SMILES string of the molecule is CCCCCCCC(=O)Oc1ccc(N/C=C(\C)CCNc2nc(-c3cncc(F)c3)nc3c2ncn3C(C)C)cc1. The van der Waals surface area contributed by atoms with Crippen LogP contribution in [0.1, 0.15) is 78.7 Å². The van der Waals surface area contributed by atoms with Crippen molar-refractivity contribution in [3.63, 3.8) is 0 Å². The lowest BCUT2D eigenvalue weighted by molar-refractivity contribution is -0.134. The summed E-state index contributed by atoms with van der Waals surface area (Å²) in [5, 5.41) is 6.68. The Bertz CT molecular complexity index is 1500. The summed E-state index contributed by atoms with van der Waals surface area (Å²) in [6, 6.07) is 8.89. The first-order valence-corrected chi connectivity index (χ1v) is 14.7. The molecule has 4 rings (SSSR count). The number of pyridine rings is 1. The smallest absolute Gasteiger partial charge is 0.311 e. The maximum atomic E-state index is 13.9. The monoisotopic (exact) mass is 573 g/mol. The summed E-state index contributed by atoms with van der Waals surface area (Å²) in [5.74, 6) is 0.890. The lowest BCUT2D eigenvalue weighted by atomic mass is 10.1. The van der Waals surface area contributed by atoms with Gasteiger partial charge >= 0.3 is 5.97 Å². The Labute approximate surface area is 246 Å². The minimum absolute atomic E-state index is 0.147. The third-order valence-electron chi connectivity index (χ3n) is 6.81. The minimum atomic E-state index is -0.444. The number of hydrogen-bond donors (Lipinski definition) is 2. The van der Waals surface area contributed by atoms with E-state index in [4.69, 9.17) is 4.74 Å². The molecule has 0 saturated heterocycles. The number of benzene rings is 1. The van der Waals surface area contributed by atoms with Crippen LogP contribution in [0.25, 0.3) is 22.6 Å². The molecule has 0 atom stereocenters. The number of nitrogens with zero attached hydrogens (tertiary/aromatic N) is 5. The molecule has 0 aliphatic heterocycles. The van der Waals surface area contributed by atoms with Gasteiger partial charge in [-0.3, -0.25) is 9.78 Å². The van der Waals surface area contributed by atoms with Crippen LogP contribution < -0.4 is 15.4 Å². The maximum absolute atomic E-state index is 13.9. The zero-order chi connectivity index (χ0) is 29.9. The van der Waals surface area contributed by atoms with Gasteiger partial charge in [-0.2, -0.15) is 0 Å². The molecule has 42 heavy (non-hydrogen) atoms. The molecule has 0 saturated carbocycles. The predicted octanol–water partition coefficient (Wildman–Crippen LogP) is 7.69. The number of unbranched alkanes of at least 4 members (excludes halogenated alkanes) is 4. The molecule has 0 radical (unpaired) electrons. The van der Waals surface area contributed by atoms with Crippen LogP contribution in [-0.2, 0) is 4.79 Å². The lowest BCUT2D eigenvalue weighted by Gasteiger charge is -2.11. The second-order valence-electron chi connectivity index (χ2n) is 10.7. The van der Waals surface area contributed by atoms with Crippen LogP contribution in [-0.4, -0.2) is 37.0 Å². The number of rotatable bonds is 15. The first kappa shape index (κ1) is 30.6. The van der Waals surface area contributed by atoms with Crippen LogP contribution in [0.5, 0.6) is 5.75 Å². The number of esters is 1. The third-order valence-corrected chi connectivity index (χ3v) is 6.81. The zero-order valence-electron chi connectivity index (χ0n) is 24.9. The number of hydrogen-bond acceptors (Lipinski definition) is 8. The molecule has 0 aliphatic rings. The molecule has 1 aromatic carbocycles. The topological polar surface area (TPSA) is 107 Å². The van der Waals surface area contributed by atoms with Gasteiger partial charge in [-0.25, -0.2) is 19.3 Å². The Kier molecular flexibility index (Phi) is 11.0. The van der Waals surface area contributed by atoms with Crippen molar-refractivity contribution < 1.29 is 13.9 Å². The number of nitrogens with one attached hydrogen (secondary N) is 2. The van der Waals surface area contributed by atoms with Crippen LogP contribution in [0.3, 0.4) is 0 Å². The van der Waals surface area contributed by atoms with Crippen molar-refractivity contribution in [3.8, 4) is 17.1 Å². The first-order valence-electron chi connectivity index (χ1n) is 14.7. The number of fused-ring (bicyclic) bond motifs is 1. The van der Waals surface area contributed by atoms with Crippen molar-refractivity contribution in [3.05, 3.63) is 66.6 Å². The van der Waals surface area contributed by atoms with Gasteiger partial charge in [-0.15, -0.1) is 0 Å². The molecule has 4 aromatic rings. The number of imidazole rings is 1. The molecule has 0 amide bonds. The van der Waals surface area contributed by atoms with Gasteiger partial charge in [0.1, 0.15) is 17.1 Å².